The molecule has 1 aromatic carbocycles. The van der Waals surface area contributed by atoms with E-state index in [0.29, 0.717) is 6.54 Å². The highest BCUT2D eigenvalue weighted by Crippen LogP contribution is 2.32. The number of benzene rings is 1. The topological polar surface area (TPSA) is 38.3 Å². The first kappa shape index (κ1) is 12.8. The number of esters is 1. The molecule has 0 atom stereocenters. The third-order valence-corrected chi connectivity index (χ3v) is 3.05. The number of carbonyl (C=O) groups is 1. The number of halogens is 2. The highest BCUT2D eigenvalue weighted by Gasteiger charge is 2.21. The zero-order chi connectivity index (χ0) is 13.1. The maximum Gasteiger partial charge on any atom is 0.340 e. The van der Waals surface area contributed by atoms with Crippen molar-refractivity contribution >= 4 is 11.7 Å². The summed E-state index contributed by atoms with van der Waals surface area (Å²) in [5, 5.41) is 2.84. The standard InChI is InChI=1S/C13H15F2NO2/c1-18-13(17)9-4-5-10(12(15)11(9)14)16-7-6-8-2-3-8/h4-5,8,16H,2-3,6-7H2,1H3. The molecule has 0 spiro atoms. The maximum absolute atomic E-state index is 13.7. The molecule has 0 aromatic heterocycles. The molecule has 1 saturated carbocycles. The average Bonchev–Trinajstić information content (AvgIpc) is 3.18. The highest BCUT2D eigenvalue weighted by atomic mass is 19.2. The van der Waals surface area contributed by atoms with E-state index in [0.717, 1.165) is 19.4 Å². The van der Waals surface area contributed by atoms with Gasteiger partial charge in [-0.25, -0.2) is 13.6 Å². The molecule has 0 radical (unpaired) electrons. The van der Waals surface area contributed by atoms with E-state index >= 15 is 0 Å². The molecule has 2 rings (SSSR count). The van der Waals surface area contributed by atoms with Crippen molar-refractivity contribution in [3.8, 4) is 0 Å². The van der Waals surface area contributed by atoms with Crippen LogP contribution in [0.15, 0.2) is 12.1 Å². The minimum Gasteiger partial charge on any atom is -0.465 e. The monoisotopic (exact) mass is 255 g/mol. The Bertz CT molecular complexity index is 459. The Morgan fingerprint density at radius 3 is 2.72 bits per heavy atom. The molecule has 3 nitrogen and oxygen atoms in total. The Morgan fingerprint density at radius 1 is 1.39 bits per heavy atom. The molecule has 18 heavy (non-hydrogen) atoms. The van der Waals surface area contributed by atoms with Gasteiger partial charge in [-0.2, -0.15) is 0 Å². The summed E-state index contributed by atoms with van der Waals surface area (Å²) >= 11 is 0. The number of hydrogen-bond acceptors (Lipinski definition) is 3. The van der Waals surface area contributed by atoms with Gasteiger partial charge in [0.15, 0.2) is 11.6 Å². The van der Waals surface area contributed by atoms with Crippen molar-refractivity contribution in [3.05, 3.63) is 29.3 Å². The molecule has 1 N–H and O–H groups in total. The second kappa shape index (κ2) is 5.33. The van der Waals surface area contributed by atoms with E-state index in [2.05, 4.69) is 10.1 Å². The summed E-state index contributed by atoms with van der Waals surface area (Å²) in [6.07, 6.45) is 3.40. The molecule has 98 valence electrons. The van der Waals surface area contributed by atoms with Crippen LogP contribution >= 0.6 is 0 Å². The summed E-state index contributed by atoms with van der Waals surface area (Å²) in [6, 6.07) is 2.58. The second-order valence-corrected chi connectivity index (χ2v) is 4.44. The molecule has 0 aliphatic heterocycles. The van der Waals surface area contributed by atoms with Crippen molar-refractivity contribution < 1.29 is 18.3 Å². The quantitative estimate of drug-likeness (QED) is 0.822. The number of ether oxygens (including phenoxy) is 1. The van der Waals surface area contributed by atoms with E-state index in [-0.39, 0.29) is 11.3 Å². The fraction of sp³-hybridized carbons (Fsp3) is 0.462. The van der Waals surface area contributed by atoms with E-state index in [1.807, 2.05) is 0 Å². The van der Waals surface area contributed by atoms with Crippen LogP contribution in [0.4, 0.5) is 14.5 Å². The number of nitrogens with one attached hydrogen (secondary N) is 1. The van der Waals surface area contributed by atoms with Gasteiger partial charge in [0, 0.05) is 6.54 Å². The van der Waals surface area contributed by atoms with Gasteiger partial charge in [-0.15, -0.1) is 0 Å². The Morgan fingerprint density at radius 2 is 2.11 bits per heavy atom. The second-order valence-electron chi connectivity index (χ2n) is 4.44. The first-order chi connectivity index (χ1) is 8.63. The largest absolute Gasteiger partial charge is 0.465 e. The van der Waals surface area contributed by atoms with Gasteiger partial charge in [0.2, 0.25) is 0 Å². The Kier molecular flexibility index (Phi) is 3.79. The van der Waals surface area contributed by atoms with Crippen LogP contribution in [0.25, 0.3) is 0 Å². The summed E-state index contributed by atoms with van der Waals surface area (Å²) in [5.41, 5.74) is -0.302. The fourth-order valence-corrected chi connectivity index (χ4v) is 1.77. The first-order valence-corrected chi connectivity index (χ1v) is 5.93. The summed E-state index contributed by atoms with van der Waals surface area (Å²) in [6.45, 7) is 0.610. The molecule has 1 aromatic rings. The highest BCUT2D eigenvalue weighted by molar-refractivity contribution is 5.90. The molecule has 5 heteroatoms. The fourth-order valence-electron chi connectivity index (χ4n) is 1.77. The van der Waals surface area contributed by atoms with Crippen LogP contribution < -0.4 is 5.32 Å². The SMILES string of the molecule is COC(=O)c1ccc(NCCC2CC2)c(F)c1F. The van der Waals surface area contributed by atoms with E-state index < -0.39 is 17.6 Å². The molecule has 0 amide bonds. The van der Waals surface area contributed by atoms with Crippen molar-refractivity contribution in [2.45, 2.75) is 19.3 Å². The lowest BCUT2D eigenvalue weighted by molar-refractivity contribution is 0.0594. The lowest BCUT2D eigenvalue weighted by atomic mass is 10.1. The number of hydrogen-bond donors (Lipinski definition) is 1. The van der Waals surface area contributed by atoms with Crippen LogP contribution in [0.2, 0.25) is 0 Å². The van der Waals surface area contributed by atoms with Gasteiger partial charge in [0.25, 0.3) is 0 Å². The molecule has 1 aliphatic rings. The lowest BCUT2D eigenvalue weighted by Crippen LogP contribution is -2.10. The number of carbonyl (C=O) groups excluding carboxylic acids is 1. The van der Waals surface area contributed by atoms with E-state index in [1.165, 1.54) is 25.0 Å². The van der Waals surface area contributed by atoms with Crippen LogP contribution in [0.5, 0.6) is 0 Å². The Hall–Kier alpha value is -1.65. The smallest absolute Gasteiger partial charge is 0.340 e. The van der Waals surface area contributed by atoms with Crippen LogP contribution in [-0.2, 0) is 4.74 Å². The predicted octanol–water partition coefficient (Wildman–Crippen LogP) is 2.96. The lowest BCUT2D eigenvalue weighted by Gasteiger charge is -2.09. The van der Waals surface area contributed by atoms with Gasteiger partial charge in [-0.1, -0.05) is 12.8 Å². The van der Waals surface area contributed by atoms with Crippen LogP contribution in [-0.4, -0.2) is 19.6 Å². The third kappa shape index (κ3) is 2.78. The van der Waals surface area contributed by atoms with Crippen molar-refractivity contribution in [2.24, 2.45) is 5.92 Å². The predicted molar refractivity (Wildman–Crippen MR) is 63.5 cm³/mol. The van der Waals surface area contributed by atoms with Crippen LogP contribution in [0.3, 0.4) is 0 Å². The molecule has 1 fully saturated rings. The van der Waals surface area contributed by atoms with Crippen molar-refractivity contribution in [3.63, 3.8) is 0 Å². The van der Waals surface area contributed by atoms with Crippen LogP contribution in [0.1, 0.15) is 29.6 Å². The molecule has 1 aliphatic carbocycles. The maximum atomic E-state index is 13.7. The van der Waals surface area contributed by atoms with Crippen molar-refractivity contribution in [1.82, 2.24) is 0 Å². The van der Waals surface area contributed by atoms with E-state index in [1.54, 1.807) is 0 Å². The summed E-state index contributed by atoms with van der Waals surface area (Å²) in [5.74, 6) is -2.36. The first-order valence-electron chi connectivity index (χ1n) is 5.93. The van der Waals surface area contributed by atoms with Gasteiger partial charge in [0.05, 0.1) is 18.4 Å². The summed E-state index contributed by atoms with van der Waals surface area (Å²) < 4.78 is 31.6. The number of rotatable bonds is 5. The summed E-state index contributed by atoms with van der Waals surface area (Å²) in [7, 11) is 1.13. The molecule has 0 saturated heterocycles. The average molecular weight is 255 g/mol. The van der Waals surface area contributed by atoms with Gasteiger partial charge in [0.1, 0.15) is 0 Å². The molecule has 0 unspecified atom stereocenters. The Balaban J connectivity index is 2.06. The van der Waals surface area contributed by atoms with Gasteiger partial charge in [-0.3, -0.25) is 0 Å². The zero-order valence-electron chi connectivity index (χ0n) is 10.1. The Labute approximate surface area is 104 Å². The third-order valence-electron chi connectivity index (χ3n) is 3.05. The van der Waals surface area contributed by atoms with Crippen LogP contribution in [0, 0.1) is 17.6 Å². The summed E-state index contributed by atoms with van der Waals surface area (Å²) in [4.78, 5) is 11.2. The minimum absolute atomic E-state index is 0.0841. The molecule has 0 heterocycles. The van der Waals surface area contributed by atoms with Crippen molar-refractivity contribution in [2.75, 3.05) is 19.0 Å². The van der Waals surface area contributed by atoms with Gasteiger partial charge < -0.3 is 10.1 Å². The number of methoxy groups -OCH3 is 1. The molecular weight excluding hydrogens is 240 g/mol. The molecular formula is C13H15F2NO2. The van der Waals surface area contributed by atoms with E-state index in [9.17, 15) is 13.6 Å². The zero-order valence-corrected chi connectivity index (χ0v) is 10.1. The molecule has 0 bridgehead atoms. The minimum atomic E-state index is -1.17. The van der Waals surface area contributed by atoms with E-state index in [4.69, 9.17) is 0 Å². The van der Waals surface area contributed by atoms with Gasteiger partial charge >= 0.3 is 5.97 Å². The van der Waals surface area contributed by atoms with Gasteiger partial charge in [-0.05, 0) is 24.5 Å². The number of anilines is 1. The van der Waals surface area contributed by atoms with Crippen molar-refractivity contribution in [1.29, 1.82) is 0 Å². The normalized spacial score (nSPS) is 14.4.